The van der Waals surface area contributed by atoms with E-state index in [1.165, 1.54) is 19.3 Å². The summed E-state index contributed by atoms with van der Waals surface area (Å²) in [4.78, 5) is 14.3. The molecule has 3 nitrogen and oxygen atoms in total. The van der Waals surface area contributed by atoms with Crippen LogP contribution in [0.5, 0.6) is 0 Å². The smallest absolute Gasteiger partial charge is 0.224 e. The van der Waals surface area contributed by atoms with Gasteiger partial charge in [-0.3, -0.25) is 4.79 Å². The number of halogens is 2. The lowest BCUT2D eigenvalue weighted by molar-refractivity contribution is -0.121. The lowest BCUT2D eigenvalue weighted by atomic mass is 9.95. The Hall–Kier alpha value is -0.930. The van der Waals surface area contributed by atoms with E-state index in [1.807, 2.05) is 24.3 Å². The van der Waals surface area contributed by atoms with Crippen LogP contribution in [0.2, 0.25) is 0 Å². The average molecular weight is 357 g/mol. The van der Waals surface area contributed by atoms with Gasteiger partial charge in [-0.2, -0.15) is 0 Å². The molecule has 1 saturated carbocycles. The van der Waals surface area contributed by atoms with Crippen molar-refractivity contribution in [2.45, 2.75) is 44.6 Å². The van der Waals surface area contributed by atoms with Crippen molar-refractivity contribution in [1.29, 1.82) is 0 Å². The van der Waals surface area contributed by atoms with Gasteiger partial charge >= 0.3 is 0 Å². The van der Waals surface area contributed by atoms with Crippen LogP contribution < -0.4 is 10.2 Å². The highest BCUT2D eigenvalue weighted by atomic mass is 35.5. The zero-order valence-electron chi connectivity index (χ0n) is 13.6. The molecule has 0 bridgehead atoms. The van der Waals surface area contributed by atoms with Crippen molar-refractivity contribution in [3.05, 3.63) is 29.8 Å². The Labute approximate surface area is 149 Å². The lowest BCUT2D eigenvalue weighted by Gasteiger charge is -2.23. The van der Waals surface area contributed by atoms with Gasteiger partial charge in [0, 0.05) is 36.6 Å². The molecule has 1 aromatic rings. The minimum absolute atomic E-state index is 0.128. The lowest BCUT2D eigenvalue weighted by Crippen LogP contribution is -2.37. The molecular weight excluding hydrogens is 331 g/mol. The number of alkyl halides is 2. The van der Waals surface area contributed by atoms with E-state index in [4.69, 9.17) is 23.2 Å². The van der Waals surface area contributed by atoms with Gasteiger partial charge in [0.2, 0.25) is 5.91 Å². The van der Waals surface area contributed by atoms with Crippen molar-refractivity contribution in [3.8, 4) is 0 Å². The molecule has 0 saturated heterocycles. The third-order valence-electron chi connectivity index (χ3n) is 4.35. The zero-order valence-corrected chi connectivity index (χ0v) is 15.1. The molecule has 0 unspecified atom stereocenters. The monoisotopic (exact) mass is 356 g/mol. The van der Waals surface area contributed by atoms with Crippen molar-refractivity contribution < 1.29 is 4.79 Å². The Morgan fingerprint density at radius 2 is 1.65 bits per heavy atom. The molecule has 1 aromatic carbocycles. The second-order valence-corrected chi connectivity index (χ2v) is 6.87. The third kappa shape index (κ3) is 6.23. The zero-order chi connectivity index (χ0) is 16.5. The van der Waals surface area contributed by atoms with Gasteiger partial charge in [0.25, 0.3) is 0 Å². The van der Waals surface area contributed by atoms with Crippen LogP contribution >= 0.6 is 23.2 Å². The molecule has 2 rings (SSSR count). The van der Waals surface area contributed by atoms with E-state index in [2.05, 4.69) is 10.2 Å². The van der Waals surface area contributed by atoms with Gasteiger partial charge in [0.05, 0.1) is 6.42 Å². The van der Waals surface area contributed by atoms with Crippen molar-refractivity contribution >= 4 is 34.8 Å². The first kappa shape index (κ1) is 18.4. The number of benzene rings is 1. The number of hydrogen-bond acceptors (Lipinski definition) is 2. The van der Waals surface area contributed by atoms with Gasteiger partial charge in [-0.15, -0.1) is 23.2 Å². The molecule has 0 atom stereocenters. The minimum Gasteiger partial charge on any atom is -0.369 e. The highest BCUT2D eigenvalue weighted by Crippen LogP contribution is 2.18. The standard InChI is InChI=1S/C18H26Cl2N2O/c19-10-12-22(13-11-20)17-8-6-15(7-9-17)14-18(23)21-16-4-2-1-3-5-16/h6-9,16H,1-5,10-14H2,(H,21,23). The maximum atomic E-state index is 12.1. The highest BCUT2D eigenvalue weighted by Gasteiger charge is 2.15. The predicted molar refractivity (Wildman–Crippen MR) is 98.8 cm³/mol. The van der Waals surface area contributed by atoms with Crippen molar-refractivity contribution in [2.75, 3.05) is 29.7 Å². The molecule has 1 aliphatic carbocycles. The van der Waals surface area contributed by atoms with Crippen LogP contribution in [0.4, 0.5) is 5.69 Å². The molecule has 23 heavy (non-hydrogen) atoms. The van der Waals surface area contributed by atoms with Gasteiger partial charge in [0.1, 0.15) is 0 Å². The molecule has 5 heteroatoms. The number of rotatable bonds is 8. The maximum absolute atomic E-state index is 12.1. The summed E-state index contributed by atoms with van der Waals surface area (Å²) in [5.41, 5.74) is 2.14. The van der Waals surface area contributed by atoms with Crippen LogP contribution in [0.25, 0.3) is 0 Å². The number of nitrogens with zero attached hydrogens (tertiary/aromatic N) is 1. The fourth-order valence-electron chi connectivity index (χ4n) is 3.11. The number of nitrogens with one attached hydrogen (secondary N) is 1. The van der Waals surface area contributed by atoms with Crippen LogP contribution in [0.15, 0.2) is 24.3 Å². The van der Waals surface area contributed by atoms with Crippen LogP contribution in [-0.2, 0) is 11.2 Å². The molecule has 0 heterocycles. The molecule has 1 N–H and O–H groups in total. The fourth-order valence-corrected chi connectivity index (χ4v) is 3.52. The van der Waals surface area contributed by atoms with Crippen LogP contribution in [0, 0.1) is 0 Å². The summed E-state index contributed by atoms with van der Waals surface area (Å²) in [6.07, 6.45) is 6.46. The van der Waals surface area contributed by atoms with E-state index in [-0.39, 0.29) is 5.91 Å². The van der Waals surface area contributed by atoms with Gasteiger partial charge in [0.15, 0.2) is 0 Å². The van der Waals surface area contributed by atoms with Crippen LogP contribution in [0.1, 0.15) is 37.7 Å². The van der Waals surface area contributed by atoms with E-state index in [0.717, 1.165) is 37.2 Å². The van der Waals surface area contributed by atoms with Crippen molar-refractivity contribution in [2.24, 2.45) is 0 Å². The first-order chi connectivity index (χ1) is 11.2. The maximum Gasteiger partial charge on any atom is 0.224 e. The molecular formula is C18H26Cl2N2O. The second kappa shape index (κ2) is 10.0. The number of carbonyl (C=O) groups excluding carboxylic acids is 1. The van der Waals surface area contributed by atoms with Crippen molar-refractivity contribution in [3.63, 3.8) is 0 Å². The van der Waals surface area contributed by atoms with E-state index < -0.39 is 0 Å². The average Bonchev–Trinajstić information content (AvgIpc) is 2.56. The highest BCUT2D eigenvalue weighted by molar-refractivity contribution is 6.18. The summed E-state index contributed by atoms with van der Waals surface area (Å²) in [5.74, 6) is 1.27. The van der Waals surface area contributed by atoms with E-state index >= 15 is 0 Å². The molecule has 1 amide bonds. The number of amides is 1. The Balaban J connectivity index is 1.86. The Bertz CT molecular complexity index is 466. The largest absolute Gasteiger partial charge is 0.369 e. The summed E-state index contributed by atoms with van der Waals surface area (Å²) in [6, 6.07) is 8.50. The topological polar surface area (TPSA) is 32.3 Å². The summed E-state index contributed by atoms with van der Waals surface area (Å²) in [6.45, 7) is 1.55. The first-order valence-corrected chi connectivity index (χ1v) is 9.55. The van der Waals surface area contributed by atoms with E-state index in [1.54, 1.807) is 0 Å². The summed E-state index contributed by atoms with van der Waals surface area (Å²) >= 11 is 11.7. The summed E-state index contributed by atoms with van der Waals surface area (Å²) < 4.78 is 0. The molecule has 1 aliphatic rings. The normalized spacial score (nSPS) is 15.4. The van der Waals surface area contributed by atoms with Crippen LogP contribution in [-0.4, -0.2) is 36.8 Å². The number of anilines is 1. The third-order valence-corrected chi connectivity index (χ3v) is 4.68. The SMILES string of the molecule is O=C(Cc1ccc(N(CCCl)CCCl)cc1)NC1CCCCC1. The van der Waals surface area contributed by atoms with Gasteiger partial charge in [-0.1, -0.05) is 31.4 Å². The van der Waals surface area contributed by atoms with Gasteiger partial charge in [-0.05, 0) is 30.5 Å². The molecule has 0 aliphatic heterocycles. The molecule has 0 spiro atoms. The molecule has 0 radical (unpaired) electrons. The van der Waals surface area contributed by atoms with E-state index in [9.17, 15) is 4.79 Å². The number of carbonyl (C=O) groups is 1. The minimum atomic E-state index is 0.128. The summed E-state index contributed by atoms with van der Waals surface area (Å²) in [5, 5.41) is 3.16. The van der Waals surface area contributed by atoms with Gasteiger partial charge < -0.3 is 10.2 Å². The Kier molecular flexibility index (Phi) is 8.04. The molecule has 128 valence electrons. The molecule has 0 aromatic heterocycles. The fraction of sp³-hybridized carbons (Fsp3) is 0.611. The van der Waals surface area contributed by atoms with Crippen molar-refractivity contribution in [1.82, 2.24) is 5.32 Å². The second-order valence-electron chi connectivity index (χ2n) is 6.11. The quantitative estimate of drug-likeness (QED) is 0.715. The summed E-state index contributed by atoms with van der Waals surface area (Å²) in [7, 11) is 0. The first-order valence-electron chi connectivity index (χ1n) is 8.48. The predicted octanol–water partition coefficient (Wildman–Crippen LogP) is 3.96. The Morgan fingerprint density at radius 3 is 2.22 bits per heavy atom. The molecule has 1 fully saturated rings. The van der Waals surface area contributed by atoms with E-state index in [0.29, 0.717) is 24.2 Å². The van der Waals surface area contributed by atoms with Crippen LogP contribution in [0.3, 0.4) is 0 Å². The number of hydrogen-bond donors (Lipinski definition) is 1. The van der Waals surface area contributed by atoms with Gasteiger partial charge in [-0.25, -0.2) is 0 Å². The Morgan fingerprint density at radius 1 is 1.04 bits per heavy atom.